The molecule has 0 bridgehead atoms. The number of hydrogen-bond donors (Lipinski definition) is 0. The molecular formula is C49H35NS. The van der Waals surface area contributed by atoms with Crippen LogP contribution in [-0.4, -0.2) is 0 Å². The fourth-order valence-corrected chi connectivity index (χ4v) is 9.55. The Labute approximate surface area is 302 Å². The summed E-state index contributed by atoms with van der Waals surface area (Å²) in [6.45, 7) is 4.73. The summed E-state index contributed by atoms with van der Waals surface area (Å²) in [6, 6.07) is 64.9. The van der Waals surface area contributed by atoms with Crippen LogP contribution in [0.25, 0.3) is 64.3 Å². The maximum Gasteiger partial charge on any atom is 0.0555 e. The fraction of sp³-hybridized carbons (Fsp3) is 0.0612. The number of anilines is 3. The van der Waals surface area contributed by atoms with Gasteiger partial charge in [0.1, 0.15) is 0 Å². The molecule has 2 heteroatoms. The van der Waals surface area contributed by atoms with Crippen LogP contribution < -0.4 is 4.90 Å². The van der Waals surface area contributed by atoms with E-state index in [4.69, 9.17) is 0 Å². The third kappa shape index (κ3) is 4.67. The van der Waals surface area contributed by atoms with Gasteiger partial charge in [-0.3, -0.25) is 0 Å². The number of rotatable bonds is 5. The van der Waals surface area contributed by atoms with E-state index in [2.05, 4.69) is 195 Å². The lowest BCUT2D eigenvalue weighted by atomic mass is 9.82. The van der Waals surface area contributed by atoms with Gasteiger partial charge in [-0.15, -0.1) is 11.3 Å². The molecule has 0 fully saturated rings. The highest BCUT2D eigenvalue weighted by atomic mass is 32.1. The van der Waals surface area contributed by atoms with Gasteiger partial charge in [0.05, 0.1) is 11.4 Å². The zero-order valence-electron chi connectivity index (χ0n) is 28.6. The van der Waals surface area contributed by atoms with E-state index >= 15 is 0 Å². The van der Waals surface area contributed by atoms with Crippen LogP contribution in [0.15, 0.2) is 176 Å². The van der Waals surface area contributed by atoms with Crippen molar-refractivity contribution in [2.24, 2.45) is 0 Å². The minimum Gasteiger partial charge on any atom is -0.309 e. The zero-order chi connectivity index (χ0) is 34.1. The lowest BCUT2D eigenvalue weighted by Gasteiger charge is -2.30. The SMILES string of the molecule is CC1(C)c2ccccc2-c2ccc(N(c3ccccc3-c3cccc(-c4cccc5ccccc45)c3)c3cccc4sc5ccccc5c34)cc21. The zero-order valence-corrected chi connectivity index (χ0v) is 29.4. The van der Waals surface area contributed by atoms with Gasteiger partial charge in [-0.1, -0.05) is 147 Å². The number of thiophene rings is 1. The summed E-state index contributed by atoms with van der Waals surface area (Å²) in [4.78, 5) is 2.51. The molecule has 0 radical (unpaired) electrons. The smallest absolute Gasteiger partial charge is 0.0555 e. The molecular weight excluding hydrogens is 635 g/mol. The molecule has 242 valence electrons. The van der Waals surface area contributed by atoms with Gasteiger partial charge in [-0.25, -0.2) is 0 Å². The van der Waals surface area contributed by atoms with Crippen molar-refractivity contribution < 1.29 is 0 Å². The van der Waals surface area contributed by atoms with Crippen molar-refractivity contribution in [1.29, 1.82) is 0 Å². The predicted molar refractivity (Wildman–Crippen MR) is 220 cm³/mol. The number of benzene rings is 8. The second-order valence-corrected chi connectivity index (χ2v) is 15.2. The van der Waals surface area contributed by atoms with Crippen LogP contribution in [0.5, 0.6) is 0 Å². The van der Waals surface area contributed by atoms with Gasteiger partial charge in [-0.2, -0.15) is 0 Å². The summed E-state index contributed by atoms with van der Waals surface area (Å²) in [6.07, 6.45) is 0. The summed E-state index contributed by atoms with van der Waals surface area (Å²) < 4.78 is 2.60. The molecule has 9 aromatic rings. The van der Waals surface area contributed by atoms with Gasteiger partial charge >= 0.3 is 0 Å². The molecule has 10 rings (SSSR count). The normalized spacial score (nSPS) is 13.1. The molecule has 0 unspecified atom stereocenters. The lowest BCUT2D eigenvalue weighted by molar-refractivity contribution is 0.660. The van der Waals surface area contributed by atoms with Gasteiger partial charge in [0, 0.05) is 36.8 Å². The van der Waals surface area contributed by atoms with E-state index in [1.807, 2.05) is 11.3 Å². The Bertz CT molecular complexity index is 2800. The van der Waals surface area contributed by atoms with E-state index < -0.39 is 0 Å². The molecule has 0 amide bonds. The molecule has 0 spiro atoms. The lowest BCUT2D eigenvalue weighted by Crippen LogP contribution is -2.17. The molecule has 51 heavy (non-hydrogen) atoms. The third-order valence-electron chi connectivity index (χ3n) is 10.9. The number of para-hydroxylation sites is 1. The van der Waals surface area contributed by atoms with Crippen molar-refractivity contribution in [3.8, 4) is 33.4 Å². The highest BCUT2D eigenvalue weighted by Gasteiger charge is 2.36. The Hall–Kier alpha value is -5.96. The van der Waals surface area contributed by atoms with Crippen LogP contribution in [0.2, 0.25) is 0 Å². The van der Waals surface area contributed by atoms with Crippen molar-refractivity contribution in [1.82, 2.24) is 0 Å². The molecule has 1 nitrogen and oxygen atoms in total. The maximum atomic E-state index is 2.51. The molecule has 1 aliphatic rings. The average Bonchev–Trinajstić information content (AvgIpc) is 3.67. The van der Waals surface area contributed by atoms with E-state index in [0.29, 0.717) is 0 Å². The minimum absolute atomic E-state index is 0.110. The minimum atomic E-state index is -0.110. The molecule has 0 N–H and O–H groups in total. The van der Waals surface area contributed by atoms with Gasteiger partial charge in [0.2, 0.25) is 0 Å². The quantitative estimate of drug-likeness (QED) is 0.176. The van der Waals surface area contributed by atoms with Crippen LogP contribution in [-0.2, 0) is 5.41 Å². The highest BCUT2D eigenvalue weighted by Crippen LogP contribution is 2.52. The maximum absolute atomic E-state index is 2.51. The second-order valence-electron chi connectivity index (χ2n) is 14.1. The molecule has 0 aliphatic heterocycles. The Morgan fingerprint density at radius 2 is 1.04 bits per heavy atom. The summed E-state index contributed by atoms with van der Waals surface area (Å²) in [5, 5.41) is 5.11. The highest BCUT2D eigenvalue weighted by molar-refractivity contribution is 7.26. The number of fused-ring (bicyclic) bond motifs is 7. The summed E-state index contributed by atoms with van der Waals surface area (Å²) in [7, 11) is 0. The van der Waals surface area contributed by atoms with E-state index in [-0.39, 0.29) is 5.41 Å². The van der Waals surface area contributed by atoms with Crippen molar-refractivity contribution in [3.63, 3.8) is 0 Å². The number of nitrogens with zero attached hydrogens (tertiary/aromatic N) is 1. The molecule has 0 atom stereocenters. The van der Waals surface area contributed by atoms with Crippen LogP contribution >= 0.6 is 11.3 Å². The fourth-order valence-electron chi connectivity index (χ4n) is 8.43. The predicted octanol–water partition coefficient (Wildman–Crippen LogP) is 14.3. The van der Waals surface area contributed by atoms with Gasteiger partial charge in [0.25, 0.3) is 0 Å². The van der Waals surface area contributed by atoms with E-state index in [0.717, 1.165) is 11.4 Å². The molecule has 1 aromatic heterocycles. The largest absolute Gasteiger partial charge is 0.309 e. The van der Waals surface area contributed by atoms with Gasteiger partial charge in [0.15, 0.2) is 0 Å². The Morgan fingerprint density at radius 3 is 1.94 bits per heavy atom. The first-order valence-corrected chi connectivity index (χ1v) is 18.5. The summed E-state index contributed by atoms with van der Waals surface area (Å²) in [5.74, 6) is 0. The first-order valence-electron chi connectivity index (χ1n) is 17.7. The summed E-state index contributed by atoms with van der Waals surface area (Å²) in [5.41, 5.74) is 13.7. The molecule has 1 aliphatic carbocycles. The first-order chi connectivity index (χ1) is 25.1. The van der Waals surface area contributed by atoms with Crippen LogP contribution in [0.3, 0.4) is 0 Å². The van der Waals surface area contributed by atoms with E-state index in [9.17, 15) is 0 Å². The number of hydrogen-bond acceptors (Lipinski definition) is 2. The first kappa shape index (κ1) is 29.9. The molecule has 0 saturated carbocycles. The molecule has 0 saturated heterocycles. The Kier molecular flexibility index (Phi) is 6.78. The van der Waals surface area contributed by atoms with Crippen molar-refractivity contribution in [2.45, 2.75) is 19.3 Å². The Morgan fingerprint density at radius 1 is 0.431 bits per heavy atom. The topological polar surface area (TPSA) is 3.24 Å². The van der Waals surface area contributed by atoms with Crippen molar-refractivity contribution >= 4 is 59.3 Å². The van der Waals surface area contributed by atoms with Crippen molar-refractivity contribution in [3.05, 3.63) is 187 Å². The van der Waals surface area contributed by atoms with E-state index in [1.54, 1.807) is 0 Å². The van der Waals surface area contributed by atoms with Gasteiger partial charge in [-0.05, 0) is 92.2 Å². The van der Waals surface area contributed by atoms with Crippen LogP contribution in [0.4, 0.5) is 17.1 Å². The average molecular weight is 670 g/mol. The molecule has 8 aromatic carbocycles. The summed E-state index contributed by atoms with van der Waals surface area (Å²) >= 11 is 1.87. The monoisotopic (exact) mass is 669 g/mol. The van der Waals surface area contributed by atoms with Crippen LogP contribution in [0.1, 0.15) is 25.0 Å². The van der Waals surface area contributed by atoms with Crippen LogP contribution in [0, 0.1) is 0 Å². The second kappa shape index (κ2) is 11.6. The van der Waals surface area contributed by atoms with E-state index in [1.165, 1.54) is 81.1 Å². The van der Waals surface area contributed by atoms with Crippen molar-refractivity contribution in [2.75, 3.05) is 4.90 Å². The Balaban J connectivity index is 1.22. The standard InChI is InChI=1S/C49H35NS/c1-49(2)42-23-8-5-20-39(42)40-29-28-35(31-43(40)49)50(45-25-13-27-47-48(45)41-21-7-10-26-46(41)51-47)44-24-9-6-19-38(44)34-17-11-16-33(30-34)37-22-12-15-32-14-3-4-18-36(32)37/h3-31H,1-2H3. The molecule has 1 heterocycles. The van der Waals surface area contributed by atoms with Gasteiger partial charge < -0.3 is 4.90 Å². The third-order valence-corrected chi connectivity index (χ3v) is 12.0.